The molecule has 0 aliphatic carbocycles. The zero-order valence-corrected chi connectivity index (χ0v) is 8.08. The highest BCUT2D eigenvalue weighted by molar-refractivity contribution is 7.16. The summed E-state index contributed by atoms with van der Waals surface area (Å²) in [7, 11) is 0. The van der Waals surface area contributed by atoms with Gasteiger partial charge in [-0.3, -0.25) is 0 Å². The van der Waals surface area contributed by atoms with Crippen LogP contribution < -0.4 is 5.73 Å². The van der Waals surface area contributed by atoms with E-state index in [0.29, 0.717) is 0 Å². The molecule has 0 saturated heterocycles. The fraction of sp³-hybridized carbons (Fsp3) is 0.500. The Hall–Kier alpha value is -0.0500. The largest absolute Gasteiger partial charge is 0.327 e. The van der Waals surface area contributed by atoms with E-state index >= 15 is 0 Å². The molecule has 0 aromatic carbocycles. The van der Waals surface area contributed by atoms with Gasteiger partial charge in [0.25, 0.3) is 0 Å². The average Bonchev–Trinajstić information content (AvgIpc) is 2.35. The maximum absolute atomic E-state index is 5.78. The first kappa shape index (κ1) is 9.04. The molecule has 0 spiro atoms. The van der Waals surface area contributed by atoms with Gasteiger partial charge in [-0.1, -0.05) is 18.5 Å². The van der Waals surface area contributed by atoms with E-state index in [1.54, 1.807) is 11.3 Å². The van der Waals surface area contributed by atoms with E-state index < -0.39 is 0 Å². The first-order chi connectivity index (χ1) is 5.22. The highest BCUT2D eigenvalue weighted by Crippen LogP contribution is 2.22. The Labute approximate surface area is 76.2 Å². The van der Waals surface area contributed by atoms with E-state index in [1.165, 1.54) is 4.88 Å². The molecule has 0 unspecified atom stereocenters. The van der Waals surface area contributed by atoms with Crippen LogP contribution in [0.5, 0.6) is 0 Å². The third-order valence-electron chi connectivity index (χ3n) is 1.62. The number of hydrogen-bond donors (Lipinski definition) is 1. The third kappa shape index (κ3) is 2.81. The first-order valence-corrected chi connectivity index (χ1v) is 4.91. The molecule has 0 bridgehead atoms. The minimum Gasteiger partial charge on any atom is -0.327 e. The van der Waals surface area contributed by atoms with Gasteiger partial charge in [0.05, 0.1) is 4.34 Å². The molecule has 3 heteroatoms. The van der Waals surface area contributed by atoms with Crippen LogP contribution in [0.2, 0.25) is 4.34 Å². The normalized spacial score (nSPS) is 13.4. The van der Waals surface area contributed by atoms with Crippen molar-refractivity contribution in [2.45, 2.75) is 25.8 Å². The molecule has 0 fully saturated rings. The molecular formula is C8H12ClNS. The summed E-state index contributed by atoms with van der Waals surface area (Å²) in [5, 5.41) is 0. The smallest absolute Gasteiger partial charge is 0.0931 e. The molecule has 0 aliphatic rings. The lowest BCUT2D eigenvalue weighted by molar-refractivity contribution is 0.652. The molecule has 0 radical (unpaired) electrons. The molecule has 1 rings (SSSR count). The van der Waals surface area contributed by atoms with E-state index in [4.69, 9.17) is 17.3 Å². The van der Waals surface area contributed by atoms with Crippen molar-refractivity contribution in [3.8, 4) is 0 Å². The highest BCUT2D eigenvalue weighted by Gasteiger charge is 2.02. The van der Waals surface area contributed by atoms with E-state index in [2.05, 4.69) is 6.92 Å². The fourth-order valence-corrected chi connectivity index (χ4v) is 2.04. The van der Waals surface area contributed by atoms with Crippen LogP contribution in [0.25, 0.3) is 0 Å². The van der Waals surface area contributed by atoms with Gasteiger partial charge in [0.1, 0.15) is 0 Å². The van der Waals surface area contributed by atoms with Crippen molar-refractivity contribution in [3.05, 3.63) is 21.3 Å². The van der Waals surface area contributed by atoms with E-state index in [9.17, 15) is 0 Å². The van der Waals surface area contributed by atoms with Crippen LogP contribution in [0.15, 0.2) is 12.1 Å². The van der Waals surface area contributed by atoms with Crippen molar-refractivity contribution in [2.75, 3.05) is 0 Å². The molecule has 62 valence electrons. The second kappa shape index (κ2) is 4.10. The van der Waals surface area contributed by atoms with Gasteiger partial charge < -0.3 is 5.73 Å². The monoisotopic (exact) mass is 189 g/mol. The third-order valence-corrected chi connectivity index (χ3v) is 2.87. The lowest BCUT2D eigenvalue weighted by Crippen LogP contribution is -2.20. The summed E-state index contributed by atoms with van der Waals surface area (Å²) in [6, 6.07) is 4.25. The summed E-state index contributed by atoms with van der Waals surface area (Å²) in [4.78, 5) is 1.28. The lowest BCUT2D eigenvalue weighted by atomic mass is 10.1. The topological polar surface area (TPSA) is 26.0 Å². The summed E-state index contributed by atoms with van der Waals surface area (Å²) >= 11 is 7.38. The predicted octanol–water partition coefficient (Wildman–Crippen LogP) is 2.68. The molecule has 1 nitrogen and oxygen atoms in total. The second-order valence-electron chi connectivity index (χ2n) is 2.58. The van der Waals surface area contributed by atoms with E-state index in [-0.39, 0.29) is 6.04 Å². The number of nitrogens with two attached hydrogens (primary N) is 1. The Bertz CT molecular complexity index is 222. The summed E-state index contributed by atoms with van der Waals surface area (Å²) in [6.45, 7) is 2.10. The average molecular weight is 190 g/mol. The van der Waals surface area contributed by atoms with E-state index in [1.807, 2.05) is 12.1 Å². The van der Waals surface area contributed by atoms with Gasteiger partial charge in [0.2, 0.25) is 0 Å². The molecule has 1 atom stereocenters. The molecule has 2 N–H and O–H groups in total. The van der Waals surface area contributed by atoms with Crippen molar-refractivity contribution < 1.29 is 0 Å². The fourth-order valence-electron chi connectivity index (χ4n) is 0.864. The first-order valence-electron chi connectivity index (χ1n) is 3.72. The van der Waals surface area contributed by atoms with Crippen LogP contribution in [0.3, 0.4) is 0 Å². The maximum Gasteiger partial charge on any atom is 0.0931 e. The van der Waals surface area contributed by atoms with Crippen LogP contribution in [0.4, 0.5) is 0 Å². The number of halogens is 1. The standard InChI is InChI=1S/C8H12ClNS/c1-2-6(10)5-7-3-4-8(9)11-7/h3-4,6H,2,5,10H2,1H3/t6-/m1/s1. The summed E-state index contributed by atoms with van der Waals surface area (Å²) in [5.74, 6) is 0. The molecular weight excluding hydrogens is 178 g/mol. The summed E-state index contributed by atoms with van der Waals surface area (Å²) in [5.41, 5.74) is 5.78. The number of hydrogen-bond acceptors (Lipinski definition) is 2. The molecule has 0 aliphatic heterocycles. The Morgan fingerprint density at radius 3 is 2.82 bits per heavy atom. The Morgan fingerprint density at radius 1 is 1.64 bits per heavy atom. The van der Waals surface area contributed by atoms with Gasteiger partial charge in [-0.15, -0.1) is 11.3 Å². The van der Waals surface area contributed by atoms with Gasteiger partial charge in [-0.05, 0) is 25.0 Å². The van der Waals surface area contributed by atoms with Crippen LogP contribution in [0, 0.1) is 0 Å². The lowest BCUT2D eigenvalue weighted by Gasteiger charge is -2.04. The summed E-state index contributed by atoms with van der Waals surface area (Å²) < 4.78 is 0.850. The van der Waals surface area contributed by atoms with E-state index in [0.717, 1.165) is 17.2 Å². The zero-order valence-electron chi connectivity index (χ0n) is 6.51. The van der Waals surface area contributed by atoms with Crippen molar-refractivity contribution in [3.63, 3.8) is 0 Å². The van der Waals surface area contributed by atoms with Crippen molar-refractivity contribution in [2.24, 2.45) is 5.73 Å². The van der Waals surface area contributed by atoms with Crippen LogP contribution >= 0.6 is 22.9 Å². The van der Waals surface area contributed by atoms with Gasteiger partial charge in [-0.2, -0.15) is 0 Å². The molecule has 0 saturated carbocycles. The minimum absolute atomic E-state index is 0.282. The van der Waals surface area contributed by atoms with Gasteiger partial charge >= 0.3 is 0 Å². The SMILES string of the molecule is CC[C@@H](N)Cc1ccc(Cl)s1. The molecule has 11 heavy (non-hydrogen) atoms. The molecule has 0 amide bonds. The minimum atomic E-state index is 0.282. The second-order valence-corrected chi connectivity index (χ2v) is 4.38. The molecule has 1 heterocycles. The number of rotatable bonds is 3. The number of thiophene rings is 1. The van der Waals surface area contributed by atoms with Gasteiger partial charge in [-0.25, -0.2) is 0 Å². The molecule has 1 aromatic heterocycles. The Kier molecular flexibility index (Phi) is 3.37. The maximum atomic E-state index is 5.78. The van der Waals surface area contributed by atoms with Crippen molar-refractivity contribution in [1.29, 1.82) is 0 Å². The van der Waals surface area contributed by atoms with Gasteiger partial charge in [0.15, 0.2) is 0 Å². The van der Waals surface area contributed by atoms with Gasteiger partial charge in [0, 0.05) is 10.9 Å². The van der Waals surface area contributed by atoms with Crippen molar-refractivity contribution in [1.82, 2.24) is 0 Å². The zero-order chi connectivity index (χ0) is 8.27. The predicted molar refractivity (Wildman–Crippen MR) is 51.3 cm³/mol. The quantitative estimate of drug-likeness (QED) is 0.778. The Balaban J connectivity index is 2.50. The van der Waals surface area contributed by atoms with Crippen LogP contribution in [-0.2, 0) is 6.42 Å². The van der Waals surface area contributed by atoms with Crippen LogP contribution in [-0.4, -0.2) is 6.04 Å². The van der Waals surface area contributed by atoms with Crippen LogP contribution in [0.1, 0.15) is 18.2 Å². The highest BCUT2D eigenvalue weighted by atomic mass is 35.5. The summed E-state index contributed by atoms with van der Waals surface area (Å²) in [6.07, 6.45) is 1.98. The molecule has 1 aromatic rings. The van der Waals surface area contributed by atoms with Crippen molar-refractivity contribution >= 4 is 22.9 Å². The Morgan fingerprint density at radius 2 is 2.36 bits per heavy atom.